The second kappa shape index (κ2) is 7.44. The first-order valence-electron chi connectivity index (χ1n) is 8.22. The van der Waals surface area contributed by atoms with Crippen molar-refractivity contribution in [2.24, 2.45) is 0 Å². The molecule has 6 nitrogen and oxygen atoms in total. The summed E-state index contributed by atoms with van der Waals surface area (Å²) in [6.45, 7) is 2.86. The van der Waals surface area contributed by atoms with Crippen LogP contribution < -0.4 is 24.4 Å². The van der Waals surface area contributed by atoms with Gasteiger partial charge in [-0.2, -0.15) is 0 Å². The lowest BCUT2D eigenvalue weighted by atomic mass is 10.1. The van der Waals surface area contributed by atoms with Crippen LogP contribution in [0.4, 0.5) is 5.69 Å². The van der Waals surface area contributed by atoms with Gasteiger partial charge in [0.15, 0.2) is 17.5 Å². The molecule has 2 aromatic rings. The highest BCUT2D eigenvalue weighted by Crippen LogP contribution is 2.34. The smallest absolute Gasteiger partial charge is 0.282 e. The minimum absolute atomic E-state index is 0.0424. The Balaban J connectivity index is 1.61. The number of ether oxygens (including phenoxy) is 3. The Bertz CT molecular complexity index is 763. The Kier molecular flexibility index (Phi) is 5.09. The fourth-order valence-electron chi connectivity index (χ4n) is 2.71. The van der Waals surface area contributed by atoms with Crippen LogP contribution in [0.5, 0.6) is 17.2 Å². The van der Waals surface area contributed by atoms with Crippen LogP contribution >= 0.6 is 0 Å². The van der Waals surface area contributed by atoms with Gasteiger partial charge in [0, 0.05) is 17.3 Å². The van der Waals surface area contributed by atoms with Gasteiger partial charge >= 0.3 is 0 Å². The monoisotopic (exact) mass is 343 g/mol. The molecule has 2 atom stereocenters. The number of likely N-dealkylation sites (N-methyl/N-ethyl adjacent to an activating group) is 1. The molecular formula is C19H23N2O4+. The highest BCUT2D eigenvalue weighted by Gasteiger charge is 2.23. The van der Waals surface area contributed by atoms with Crippen molar-refractivity contribution in [2.45, 2.75) is 19.5 Å². The summed E-state index contributed by atoms with van der Waals surface area (Å²) in [5.74, 6) is 2.14. The predicted octanol–water partition coefficient (Wildman–Crippen LogP) is 1.47. The molecule has 1 unspecified atom stereocenters. The lowest BCUT2D eigenvalue weighted by molar-refractivity contribution is -0.907. The number of nitrogens with one attached hydrogen (secondary N) is 2. The normalized spacial score (nSPS) is 14.7. The molecule has 0 fully saturated rings. The summed E-state index contributed by atoms with van der Waals surface area (Å²) in [6.07, 6.45) is 0. The summed E-state index contributed by atoms with van der Waals surface area (Å²) in [7, 11) is 3.65. The number of carbonyl (C=O) groups excluding carboxylic acids is 1. The van der Waals surface area contributed by atoms with Crippen LogP contribution in [0, 0.1) is 0 Å². The van der Waals surface area contributed by atoms with Crippen LogP contribution in [-0.2, 0) is 11.3 Å². The zero-order valence-corrected chi connectivity index (χ0v) is 14.7. The van der Waals surface area contributed by atoms with E-state index >= 15 is 0 Å². The van der Waals surface area contributed by atoms with E-state index in [-0.39, 0.29) is 18.7 Å². The van der Waals surface area contributed by atoms with Crippen molar-refractivity contribution in [3.05, 3.63) is 48.0 Å². The van der Waals surface area contributed by atoms with Crippen molar-refractivity contribution in [1.82, 2.24) is 0 Å². The van der Waals surface area contributed by atoms with Crippen LogP contribution in [0.1, 0.15) is 12.5 Å². The lowest BCUT2D eigenvalue weighted by Gasteiger charge is -2.21. The van der Waals surface area contributed by atoms with E-state index in [1.54, 1.807) is 19.2 Å². The highest BCUT2D eigenvalue weighted by atomic mass is 16.7. The third kappa shape index (κ3) is 4.03. The second-order valence-electron chi connectivity index (χ2n) is 6.15. The topological polar surface area (TPSA) is 61.2 Å². The van der Waals surface area contributed by atoms with Crippen LogP contribution in [-0.4, -0.2) is 32.9 Å². The van der Waals surface area contributed by atoms with E-state index in [0.29, 0.717) is 17.2 Å². The summed E-state index contributed by atoms with van der Waals surface area (Å²) in [5.41, 5.74) is 1.83. The number of carbonyl (C=O) groups is 1. The molecule has 1 amide bonds. The maximum absolute atomic E-state index is 12.5. The van der Waals surface area contributed by atoms with E-state index in [2.05, 4.69) is 5.32 Å². The maximum atomic E-state index is 12.5. The summed E-state index contributed by atoms with van der Waals surface area (Å²) in [4.78, 5) is 13.6. The quantitative estimate of drug-likeness (QED) is 0.834. The standard InChI is InChI=1S/C19H22N2O4/c1-13(21(2)11-14-5-4-6-16(9-14)23-3)19(22)20-15-7-8-17-18(10-15)25-12-24-17/h4-10,13H,11-12H2,1-3H3,(H,20,22)/p+1/t13-/m0/s1. The number of benzene rings is 2. The number of fused-ring (bicyclic) bond motifs is 1. The number of amides is 1. The zero-order chi connectivity index (χ0) is 17.8. The van der Waals surface area contributed by atoms with Crippen LogP contribution in [0.25, 0.3) is 0 Å². The van der Waals surface area contributed by atoms with Crippen molar-refractivity contribution in [1.29, 1.82) is 0 Å². The third-order valence-electron chi connectivity index (χ3n) is 4.39. The molecule has 0 spiro atoms. The average Bonchev–Trinajstić information content (AvgIpc) is 3.08. The van der Waals surface area contributed by atoms with Crippen molar-refractivity contribution >= 4 is 11.6 Å². The number of hydrogen-bond donors (Lipinski definition) is 2. The van der Waals surface area contributed by atoms with Crippen LogP contribution in [0.15, 0.2) is 42.5 Å². The number of methoxy groups -OCH3 is 1. The summed E-state index contributed by atoms with van der Waals surface area (Å²) >= 11 is 0. The van der Waals surface area contributed by atoms with Crippen molar-refractivity contribution in [3.63, 3.8) is 0 Å². The van der Waals surface area contributed by atoms with Crippen molar-refractivity contribution in [3.8, 4) is 17.2 Å². The minimum atomic E-state index is -0.211. The molecule has 0 aliphatic carbocycles. The van der Waals surface area contributed by atoms with Gasteiger partial charge in [0.2, 0.25) is 6.79 Å². The molecule has 0 aromatic heterocycles. The molecule has 1 aliphatic heterocycles. The molecule has 2 aromatic carbocycles. The number of quaternary nitrogens is 1. The van der Waals surface area contributed by atoms with E-state index in [4.69, 9.17) is 14.2 Å². The summed E-state index contributed by atoms with van der Waals surface area (Å²) in [6, 6.07) is 13.1. The SMILES string of the molecule is COc1cccc(C[NH+](C)[C@@H](C)C(=O)Nc2ccc3c(c2)OCO3)c1. The van der Waals surface area contributed by atoms with Gasteiger partial charge in [-0.05, 0) is 31.2 Å². The van der Waals surface area contributed by atoms with Gasteiger partial charge in [-0.3, -0.25) is 4.79 Å². The molecule has 3 rings (SSSR count). The van der Waals surface area contributed by atoms with Gasteiger partial charge in [-0.25, -0.2) is 0 Å². The zero-order valence-electron chi connectivity index (χ0n) is 14.7. The van der Waals surface area contributed by atoms with Gasteiger partial charge < -0.3 is 24.4 Å². The van der Waals surface area contributed by atoms with Crippen LogP contribution in [0.2, 0.25) is 0 Å². The molecule has 0 radical (unpaired) electrons. The molecule has 0 saturated carbocycles. The number of anilines is 1. The molecule has 132 valence electrons. The number of hydrogen-bond acceptors (Lipinski definition) is 4. The molecule has 25 heavy (non-hydrogen) atoms. The van der Waals surface area contributed by atoms with E-state index in [9.17, 15) is 4.79 Å². The van der Waals surface area contributed by atoms with Crippen molar-refractivity contribution < 1.29 is 23.9 Å². The van der Waals surface area contributed by atoms with Gasteiger partial charge in [0.25, 0.3) is 5.91 Å². The van der Waals surface area contributed by atoms with Crippen molar-refractivity contribution in [2.75, 3.05) is 26.3 Å². The Morgan fingerprint density at radius 2 is 2.04 bits per heavy atom. The molecule has 0 saturated heterocycles. The Labute approximate surface area is 147 Å². The highest BCUT2D eigenvalue weighted by molar-refractivity contribution is 5.93. The molecular weight excluding hydrogens is 320 g/mol. The molecule has 0 bridgehead atoms. The largest absolute Gasteiger partial charge is 0.497 e. The predicted molar refractivity (Wildman–Crippen MR) is 94.2 cm³/mol. The fraction of sp³-hybridized carbons (Fsp3) is 0.316. The lowest BCUT2D eigenvalue weighted by Crippen LogP contribution is -3.12. The third-order valence-corrected chi connectivity index (χ3v) is 4.39. The Hall–Kier alpha value is -2.73. The molecule has 1 heterocycles. The Morgan fingerprint density at radius 1 is 1.24 bits per heavy atom. The average molecular weight is 343 g/mol. The van der Waals surface area contributed by atoms with Gasteiger partial charge in [-0.1, -0.05) is 12.1 Å². The summed E-state index contributed by atoms with van der Waals surface area (Å²) < 4.78 is 15.9. The summed E-state index contributed by atoms with van der Waals surface area (Å²) in [5, 5.41) is 2.94. The first-order chi connectivity index (χ1) is 12.1. The first kappa shape index (κ1) is 17.1. The second-order valence-corrected chi connectivity index (χ2v) is 6.15. The Morgan fingerprint density at radius 3 is 2.84 bits per heavy atom. The van der Waals surface area contributed by atoms with E-state index in [1.807, 2.05) is 44.3 Å². The molecule has 6 heteroatoms. The maximum Gasteiger partial charge on any atom is 0.282 e. The molecule has 2 N–H and O–H groups in total. The van der Waals surface area contributed by atoms with Gasteiger partial charge in [0.1, 0.15) is 12.3 Å². The van der Waals surface area contributed by atoms with E-state index in [0.717, 1.165) is 22.8 Å². The molecule has 1 aliphatic rings. The number of rotatable bonds is 6. The van der Waals surface area contributed by atoms with Gasteiger partial charge in [0.05, 0.1) is 14.2 Å². The van der Waals surface area contributed by atoms with E-state index < -0.39 is 0 Å². The minimum Gasteiger partial charge on any atom is -0.497 e. The van der Waals surface area contributed by atoms with E-state index in [1.165, 1.54) is 0 Å². The van der Waals surface area contributed by atoms with Crippen LogP contribution in [0.3, 0.4) is 0 Å². The fourth-order valence-corrected chi connectivity index (χ4v) is 2.71. The van der Waals surface area contributed by atoms with Gasteiger partial charge in [-0.15, -0.1) is 0 Å². The first-order valence-corrected chi connectivity index (χ1v) is 8.22.